The number of hydrogen-bond donors (Lipinski definition) is 1. The third-order valence-corrected chi connectivity index (χ3v) is 4.68. The Labute approximate surface area is 119 Å². The zero-order valence-electron chi connectivity index (χ0n) is 12.4. The molecule has 0 aliphatic heterocycles. The van der Waals surface area contributed by atoms with Crippen molar-refractivity contribution in [1.82, 2.24) is 14.5 Å². The Morgan fingerprint density at radius 3 is 2.70 bits per heavy atom. The quantitative estimate of drug-likeness (QED) is 0.927. The lowest BCUT2D eigenvalue weighted by Crippen LogP contribution is -2.53. The lowest BCUT2D eigenvalue weighted by Gasteiger charge is -2.47. The van der Waals surface area contributed by atoms with Gasteiger partial charge in [0.05, 0.1) is 12.6 Å². The van der Waals surface area contributed by atoms with Crippen LogP contribution in [0.4, 0.5) is 5.95 Å². The van der Waals surface area contributed by atoms with E-state index >= 15 is 0 Å². The molecule has 108 valence electrons. The maximum Gasteiger partial charge on any atom is 0.201 e. The van der Waals surface area contributed by atoms with E-state index in [9.17, 15) is 0 Å². The monoisotopic (exact) mass is 274 g/mol. The molecule has 1 aromatic carbocycles. The Morgan fingerprint density at radius 2 is 2.15 bits per heavy atom. The molecule has 5 nitrogen and oxygen atoms in total. The van der Waals surface area contributed by atoms with E-state index in [-0.39, 0.29) is 5.54 Å². The summed E-state index contributed by atoms with van der Waals surface area (Å²) in [5.74, 6) is 1.35. The van der Waals surface area contributed by atoms with Crippen LogP contribution in [-0.4, -0.2) is 41.2 Å². The molecule has 3 rings (SSSR count). The summed E-state index contributed by atoms with van der Waals surface area (Å²) in [6.07, 6.45) is 3.71. The molecule has 2 N–H and O–H groups in total. The standard InChI is InChI=1S/C15H22N4O/c1-18(2)15(8-5-9-15)10-19-11-6-4-7-12(20-3)13(11)17-14(19)16/h4,6-7H,5,8-10H2,1-3H3,(H2,16,17). The van der Waals surface area contributed by atoms with Gasteiger partial charge in [0.1, 0.15) is 11.3 Å². The van der Waals surface area contributed by atoms with Gasteiger partial charge in [0.2, 0.25) is 5.95 Å². The normalized spacial score (nSPS) is 17.4. The van der Waals surface area contributed by atoms with E-state index < -0.39 is 0 Å². The van der Waals surface area contributed by atoms with Crippen molar-refractivity contribution in [1.29, 1.82) is 0 Å². The highest BCUT2D eigenvalue weighted by Gasteiger charge is 2.40. The van der Waals surface area contributed by atoms with Gasteiger partial charge in [-0.15, -0.1) is 0 Å². The van der Waals surface area contributed by atoms with Crippen LogP contribution in [0.1, 0.15) is 19.3 Å². The number of hydrogen-bond acceptors (Lipinski definition) is 4. The maximum atomic E-state index is 6.14. The van der Waals surface area contributed by atoms with Crippen LogP contribution in [0.2, 0.25) is 0 Å². The fourth-order valence-corrected chi connectivity index (χ4v) is 3.10. The summed E-state index contributed by atoms with van der Waals surface area (Å²) in [6.45, 7) is 0.884. The largest absolute Gasteiger partial charge is 0.494 e. The number of nitrogens with two attached hydrogens (primary N) is 1. The van der Waals surface area contributed by atoms with Crippen molar-refractivity contribution in [2.24, 2.45) is 0 Å². The molecule has 20 heavy (non-hydrogen) atoms. The van der Waals surface area contributed by atoms with Gasteiger partial charge in [-0.3, -0.25) is 0 Å². The van der Waals surface area contributed by atoms with Crippen molar-refractivity contribution in [2.75, 3.05) is 26.9 Å². The zero-order chi connectivity index (χ0) is 14.3. The Morgan fingerprint density at radius 1 is 1.40 bits per heavy atom. The van der Waals surface area contributed by atoms with Gasteiger partial charge in [-0.25, -0.2) is 4.98 Å². The molecule has 0 spiro atoms. The van der Waals surface area contributed by atoms with Crippen LogP contribution in [-0.2, 0) is 6.54 Å². The molecule has 0 bridgehead atoms. The van der Waals surface area contributed by atoms with Crippen molar-refractivity contribution >= 4 is 17.0 Å². The molecule has 5 heteroatoms. The number of imidazole rings is 1. The first-order valence-corrected chi connectivity index (χ1v) is 7.03. The third-order valence-electron chi connectivity index (χ3n) is 4.68. The number of methoxy groups -OCH3 is 1. The second-order valence-corrected chi connectivity index (χ2v) is 5.86. The fourth-order valence-electron chi connectivity index (χ4n) is 3.10. The molecule has 1 heterocycles. The number of para-hydroxylation sites is 1. The number of nitrogens with zero attached hydrogens (tertiary/aromatic N) is 3. The first kappa shape index (κ1) is 13.2. The molecular weight excluding hydrogens is 252 g/mol. The lowest BCUT2D eigenvalue weighted by molar-refractivity contribution is 0.0440. The summed E-state index contributed by atoms with van der Waals surface area (Å²) in [5, 5.41) is 0. The Hall–Kier alpha value is -1.75. The summed E-state index contributed by atoms with van der Waals surface area (Å²) in [7, 11) is 5.96. The van der Waals surface area contributed by atoms with Crippen molar-refractivity contribution in [3.63, 3.8) is 0 Å². The molecule has 1 aliphatic rings. The van der Waals surface area contributed by atoms with E-state index in [4.69, 9.17) is 10.5 Å². The van der Waals surface area contributed by atoms with Crippen LogP contribution in [0, 0.1) is 0 Å². The summed E-state index contributed by atoms with van der Waals surface area (Å²) >= 11 is 0. The number of fused-ring (bicyclic) bond motifs is 1. The SMILES string of the molecule is COc1cccc2c1nc(N)n2CC1(N(C)C)CCC1. The van der Waals surface area contributed by atoms with Crippen molar-refractivity contribution in [2.45, 2.75) is 31.3 Å². The molecule has 0 unspecified atom stereocenters. The van der Waals surface area contributed by atoms with Gasteiger partial charge >= 0.3 is 0 Å². The predicted molar refractivity (Wildman–Crippen MR) is 81.0 cm³/mol. The highest BCUT2D eigenvalue weighted by atomic mass is 16.5. The molecule has 0 atom stereocenters. The second kappa shape index (κ2) is 4.66. The third kappa shape index (κ3) is 1.85. The number of ether oxygens (including phenoxy) is 1. The minimum Gasteiger partial charge on any atom is -0.494 e. The predicted octanol–water partition coefficient (Wildman–Crippen LogP) is 2.11. The summed E-state index contributed by atoms with van der Waals surface area (Å²) in [4.78, 5) is 6.80. The highest BCUT2D eigenvalue weighted by Crippen LogP contribution is 2.39. The maximum absolute atomic E-state index is 6.14. The van der Waals surface area contributed by atoms with Gasteiger partial charge in [-0.2, -0.15) is 0 Å². The van der Waals surface area contributed by atoms with Crippen molar-refractivity contribution < 1.29 is 4.74 Å². The topological polar surface area (TPSA) is 56.3 Å². The fraction of sp³-hybridized carbons (Fsp3) is 0.533. The van der Waals surface area contributed by atoms with Gasteiger partial charge in [-0.05, 0) is 45.5 Å². The minimum absolute atomic E-state index is 0.213. The van der Waals surface area contributed by atoms with E-state index in [0.717, 1.165) is 23.3 Å². The number of anilines is 1. The molecule has 1 aliphatic carbocycles. The number of benzene rings is 1. The Bertz CT molecular complexity index is 628. The van der Waals surface area contributed by atoms with E-state index in [2.05, 4.69) is 34.6 Å². The van der Waals surface area contributed by atoms with Gasteiger partial charge < -0.3 is 19.9 Å². The number of aromatic nitrogens is 2. The smallest absolute Gasteiger partial charge is 0.201 e. The van der Waals surface area contributed by atoms with E-state index in [0.29, 0.717) is 5.95 Å². The number of rotatable bonds is 4. The van der Waals surface area contributed by atoms with E-state index in [1.165, 1.54) is 19.3 Å². The highest BCUT2D eigenvalue weighted by molar-refractivity contribution is 5.84. The second-order valence-electron chi connectivity index (χ2n) is 5.86. The summed E-state index contributed by atoms with van der Waals surface area (Å²) in [6, 6.07) is 5.97. The van der Waals surface area contributed by atoms with E-state index in [1.807, 2.05) is 12.1 Å². The summed E-state index contributed by atoms with van der Waals surface area (Å²) < 4.78 is 7.49. The molecule has 2 aromatic rings. The average Bonchev–Trinajstić information content (AvgIpc) is 2.69. The first-order chi connectivity index (χ1) is 9.57. The Kier molecular flexibility index (Phi) is 3.09. The average molecular weight is 274 g/mol. The zero-order valence-corrected chi connectivity index (χ0v) is 12.4. The molecule has 0 saturated heterocycles. The molecule has 1 aromatic heterocycles. The van der Waals surface area contributed by atoms with Gasteiger partial charge in [-0.1, -0.05) is 6.07 Å². The van der Waals surface area contributed by atoms with Gasteiger partial charge in [0.25, 0.3) is 0 Å². The van der Waals surface area contributed by atoms with Crippen molar-refractivity contribution in [3.05, 3.63) is 18.2 Å². The van der Waals surface area contributed by atoms with Crippen LogP contribution in [0.5, 0.6) is 5.75 Å². The lowest BCUT2D eigenvalue weighted by atomic mass is 9.75. The molecule has 1 saturated carbocycles. The van der Waals surface area contributed by atoms with Crippen LogP contribution >= 0.6 is 0 Å². The van der Waals surface area contributed by atoms with E-state index in [1.54, 1.807) is 7.11 Å². The number of likely N-dealkylation sites (N-methyl/N-ethyl adjacent to an activating group) is 1. The van der Waals surface area contributed by atoms with Crippen LogP contribution in [0.3, 0.4) is 0 Å². The first-order valence-electron chi connectivity index (χ1n) is 7.03. The Balaban J connectivity index is 2.06. The van der Waals surface area contributed by atoms with Crippen LogP contribution < -0.4 is 10.5 Å². The number of nitrogen functional groups attached to an aromatic ring is 1. The molecule has 0 radical (unpaired) electrons. The van der Waals surface area contributed by atoms with Crippen LogP contribution in [0.15, 0.2) is 18.2 Å². The van der Waals surface area contributed by atoms with Crippen LogP contribution in [0.25, 0.3) is 11.0 Å². The minimum atomic E-state index is 0.213. The molecule has 1 fully saturated rings. The van der Waals surface area contributed by atoms with Gasteiger partial charge in [0.15, 0.2) is 0 Å². The molecular formula is C15H22N4O. The van der Waals surface area contributed by atoms with Crippen molar-refractivity contribution in [3.8, 4) is 5.75 Å². The summed E-state index contributed by atoms with van der Waals surface area (Å²) in [5.41, 5.74) is 8.25. The molecule has 0 amide bonds. The van der Waals surface area contributed by atoms with Gasteiger partial charge in [0, 0.05) is 12.1 Å².